The van der Waals surface area contributed by atoms with E-state index in [1.54, 1.807) is 24.3 Å². The zero-order valence-corrected chi connectivity index (χ0v) is 16.3. The van der Waals surface area contributed by atoms with Gasteiger partial charge in [-0.15, -0.1) is 0 Å². The molecule has 0 atom stereocenters. The number of hydrogen-bond donors (Lipinski definition) is 2. The van der Waals surface area contributed by atoms with Gasteiger partial charge >= 0.3 is 6.18 Å². The maximum Gasteiger partial charge on any atom is 0.416 e. The first-order chi connectivity index (χ1) is 13.7. The van der Waals surface area contributed by atoms with Crippen molar-refractivity contribution >= 4 is 17.3 Å². The molecule has 3 rings (SSSR count). The molecule has 0 unspecified atom stereocenters. The summed E-state index contributed by atoms with van der Waals surface area (Å²) >= 11 is 0. The van der Waals surface area contributed by atoms with Crippen LogP contribution in [-0.4, -0.2) is 48.9 Å². The minimum atomic E-state index is -4.49. The highest BCUT2D eigenvalue weighted by Gasteiger charge is 2.34. The van der Waals surface area contributed by atoms with Crippen molar-refractivity contribution in [1.29, 1.82) is 0 Å². The van der Waals surface area contributed by atoms with Crippen LogP contribution in [0.3, 0.4) is 0 Å². The van der Waals surface area contributed by atoms with Crippen LogP contribution in [0.2, 0.25) is 0 Å². The average Bonchev–Trinajstić information content (AvgIpc) is 2.66. The maximum absolute atomic E-state index is 13.6. The number of alkyl halides is 3. The number of rotatable bonds is 5. The standard InChI is InChI=1S/C21H25F3N4O/c1-27-8-10-28(11-9-27)14-16-4-7-18(13-19(16)21(22,23)24)26-20(29)12-15-2-5-17(25)6-3-15/h2-7,13H,8-12,14,25H2,1H3,(H,26,29). The molecule has 0 saturated carbocycles. The number of nitrogens with two attached hydrogens (primary N) is 1. The van der Waals surface area contributed by atoms with Gasteiger partial charge in [-0.25, -0.2) is 0 Å². The Labute approximate surface area is 168 Å². The first kappa shape index (κ1) is 21.1. The number of piperazine rings is 1. The number of hydrogen-bond acceptors (Lipinski definition) is 4. The predicted molar refractivity (Wildman–Crippen MR) is 107 cm³/mol. The second-order valence-electron chi connectivity index (χ2n) is 7.42. The average molecular weight is 406 g/mol. The Morgan fingerprint density at radius 3 is 2.34 bits per heavy atom. The largest absolute Gasteiger partial charge is 0.416 e. The summed E-state index contributed by atoms with van der Waals surface area (Å²) in [4.78, 5) is 16.4. The highest BCUT2D eigenvalue weighted by molar-refractivity contribution is 5.92. The highest BCUT2D eigenvalue weighted by Crippen LogP contribution is 2.34. The Kier molecular flexibility index (Phi) is 6.44. The van der Waals surface area contributed by atoms with Gasteiger partial charge in [0.1, 0.15) is 0 Å². The van der Waals surface area contributed by atoms with E-state index in [-0.39, 0.29) is 30.1 Å². The first-order valence-corrected chi connectivity index (χ1v) is 9.46. The van der Waals surface area contributed by atoms with Crippen LogP contribution in [0.1, 0.15) is 16.7 Å². The molecule has 0 aliphatic carbocycles. The summed E-state index contributed by atoms with van der Waals surface area (Å²) in [5.41, 5.74) is 6.59. The van der Waals surface area contributed by atoms with Crippen LogP contribution in [0.4, 0.5) is 24.5 Å². The minimum Gasteiger partial charge on any atom is -0.399 e. The normalized spacial score (nSPS) is 16.0. The van der Waals surface area contributed by atoms with E-state index in [0.717, 1.165) is 37.8 Å². The topological polar surface area (TPSA) is 61.6 Å². The van der Waals surface area contributed by atoms with Crippen LogP contribution in [0.15, 0.2) is 42.5 Å². The quantitative estimate of drug-likeness (QED) is 0.749. The number of anilines is 2. The lowest BCUT2D eigenvalue weighted by atomic mass is 10.0. The predicted octanol–water partition coefficient (Wildman–Crippen LogP) is 3.22. The molecular weight excluding hydrogens is 381 g/mol. The van der Waals surface area contributed by atoms with Crippen LogP contribution in [0, 0.1) is 0 Å². The Morgan fingerprint density at radius 2 is 1.72 bits per heavy atom. The maximum atomic E-state index is 13.6. The van der Waals surface area contributed by atoms with E-state index >= 15 is 0 Å². The summed E-state index contributed by atoms with van der Waals surface area (Å²) in [6.07, 6.45) is -4.43. The van der Waals surface area contributed by atoms with Gasteiger partial charge in [-0.1, -0.05) is 18.2 Å². The molecular formula is C21H25F3N4O. The van der Waals surface area contributed by atoms with Crippen molar-refractivity contribution in [3.05, 3.63) is 59.2 Å². The smallest absolute Gasteiger partial charge is 0.399 e. The van der Waals surface area contributed by atoms with Crippen LogP contribution in [0.5, 0.6) is 0 Å². The van der Waals surface area contributed by atoms with E-state index in [1.807, 2.05) is 11.9 Å². The lowest BCUT2D eigenvalue weighted by Gasteiger charge is -2.33. The number of carbonyl (C=O) groups excluding carboxylic acids is 1. The van der Waals surface area contributed by atoms with Crippen molar-refractivity contribution in [2.24, 2.45) is 0 Å². The minimum absolute atomic E-state index is 0.0602. The van der Waals surface area contributed by atoms with Gasteiger partial charge in [0.15, 0.2) is 0 Å². The molecule has 0 radical (unpaired) electrons. The van der Waals surface area contributed by atoms with Gasteiger partial charge < -0.3 is 16.0 Å². The number of halogens is 3. The van der Waals surface area contributed by atoms with E-state index in [1.165, 1.54) is 12.1 Å². The summed E-state index contributed by atoms with van der Waals surface area (Å²) in [7, 11) is 2.00. The Balaban J connectivity index is 1.71. The van der Waals surface area contributed by atoms with Crippen molar-refractivity contribution < 1.29 is 18.0 Å². The van der Waals surface area contributed by atoms with Crippen molar-refractivity contribution in [2.45, 2.75) is 19.1 Å². The van der Waals surface area contributed by atoms with E-state index in [0.29, 0.717) is 5.69 Å². The van der Waals surface area contributed by atoms with E-state index in [4.69, 9.17) is 5.73 Å². The lowest BCUT2D eigenvalue weighted by molar-refractivity contribution is -0.138. The van der Waals surface area contributed by atoms with Crippen molar-refractivity contribution in [1.82, 2.24) is 9.80 Å². The van der Waals surface area contributed by atoms with E-state index in [2.05, 4.69) is 10.2 Å². The van der Waals surface area contributed by atoms with E-state index in [9.17, 15) is 18.0 Å². The first-order valence-electron chi connectivity index (χ1n) is 9.46. The molecule has 156 valence electrons. The zero-order valence-electron chi connectivity index (χ0n) is 16.3. The molecule has 0 bridgehead atoms. The molecule has 1 fully saturated rings. The SMILES string of the molecule is CN1CCN(Cc2ccc(NC(=O)Cc3ccc(N)cc3)cc2C(F)(F)F)CC1. The Morgan fingerprint density at radius 1 is 1.07 bits per heavy atom. The second kappa shape index (κ2) is 8.84. The molecule has 3 N–H and O–H groups in total. The summed E-state index contributed by atoms with van der Waals surface area (Å²) in [6.45, 7) is 3.37. The van der Waals surface area contributed by atoms with Gasteiger partial charge in [-0.05, 0) is 42.4 Å². The summed E-state index contributed by atoms with van der Waals surface area (Å²) in [6, 6.07) is 10.8. The molecule has 1 aliphatic heterocycles. The van der Waals surface area contributed by atoms with Crippen LogP contribution < -0.4 is 11.1 Å². The molecule has 1 saturated heterocycles. The molecule has 29 heavy (non-hydrogen) atoms. The fourth-order valence-electron chi connectivity index (χ4n) is 3.33. The molecule has 1 heterocycles. The third-order valence-electron chi connectivity index (χ3n) is 5.03. The van der Waals surface area contributed by atoms with Crippen molar-refractivity contribution in [3.8, 4) is 0 Å². The fraction of sp³-hybridized carbons (Fsp3) is 0.381. The molecule has 0 aromatic heterocycles. The van der Waals surface area contributed by atoms with Gasteiger partial charge in [0.05, 0.1) is 12.0 Å². The number of likely N-dealkylation sites (N-methyl/N-ethyl adjacent to an activating group) is 1. The van der Waals surface area contributed by atoms with Gasteiger partial charge in [-0.3, -0.25) is 9.69 Å². The number of amides is 1. The Hall–Kier alpha value is -2.58. The van der Waals surface area contributed by atoms with Crippen molar-refractivity contribution in [2.75, 3.05) is 44.3 Å². The van der Waals surface area contributed by atoms with Crippen LogP contribution in [0.25, 0.3) is 0 Å². The van der Waals surface area contributed by atoms with Gasteiger partial charge in [-0.2, -0.15) is 13.2 Å². The summed E-state index contributed by atoms with van der Waals surface area (Å²) < 4.78 is 40.8. The zero-order chi connectivity index (χ0) is 21.0. The fourth-order valence-corrected chi connectivity index (χ4v) is 3.33. The third kappa shape index (κ3) is 5.95. The highest BCUT2D eigenvalue weighted by atomic mass is 19.4. The molecule has 5 nitrogen and oxygen atoms in total. The van der Waals surface area contributed by atoms with Gasteiger partial charge in [0, 0.05) is 44.1 Å². The van der Waals surface area contributed by atoms with Crippen LogP contribution in [-0.2, 0) is 23.9 Å². The Bertz CT molecular complexity index is 844. The molecule has 1 aliphatic rings. The molecule has 0 spiro atoms. The number of benzene rings is 2. The second-order valence-corrected chi connectivity index (χ2v) is 7.42. The molecule has 1 amide bonds. The number of nitrogen functional groups attached to an aromatic ring is 1. The number of carbonyl (C=O) groups is 1. The number of nitrogens with one attached hydrogen (secondary N) is 1. The van der Waals surface area contributed by atoms with E-state index < -0.39 is 11.7 Å². The molecule has 2 aromatic carbocycles. The summed E-state index contributed by atoms with van der Waals surface area (Å²) in [5.74, 6) is -0.380. The van der Waals surface area contributed by atoms with Crippen molar-refractivity contribution in [3.63, 3.8) is 0 Å². The van der Waals surface area contributed by atoms with Gasteiger partial charge in [0.2, 0.25) is 5.91 Å². The number of nitrogens with zero attached hydrogens (tertiary/aromatic N) is 2. The molecule has 8 heteroatoms. The van der Waals surface area contributed by atoms with Crippen LogP contribution >= 0.6 is 0 Å². The molecule has 2 aromatic rings. The third-order valence-corrected chi connectivity index (χ3v) is 5.03. The lowest BCUT2D eigenvalue weighted by Crippen LogP contribution is -2.44. The summed E-state index contributed by atoms with van der Waals surface area (Å²) in [5, 5.41) is 2.56. The monoisotopic (exact) mass is 406 g/mol. The van der Waals surface area contributed by atoms with Gasteiger partial charge in [0.25, 0.3) is 0 Å².